The van der Waals surface area contributed by atoms with Crippen LogP contribution in [0.15, 0.2) is 30.3 Å². The van der Waals surface area contributed by atoms with Gasteiger partial charge in [0, 0.05) is 26.2 Å². The number of hydrogen-bond donors (Lipinski definition) is 2. The highest BCUT2D eigenvalue weighted by molar-refractivity contribution is 5.85. The molecule has 3 atom stereocenters. The summed E-state index contributed by atoms with van der Waals surface area (Å²) in [5, 5.41) is 3.02. The number of methoxy groups -OCH3 is 1. The molecule has 1 saturated heterocycles. The van der Waals surface area contributed by atoms with E-state index in [0.29, 0.717) is 5.92 Å². The fraction of sp³-hybridized carbons (Fsp3) is 0.588. The molecule has 1 heterocycles. The minimum Gasteiger partial charge on any atom is -0.383 e. The molecule has 1 aromatic rings. The number of benzene rings is 1. The van der Waals surface area contributed by atoms with Crippen LogP contribution in [0.2, 0.25) is 0 Å². The van der Waals surface area contributed by atoms with Crippen molar-refractivity contribution in [1.82, 2.24) is 10.2 Å². The van der Waals surface area contributed by atoms with Crippen molar-refractivity contribution in [2.45, 2.75) is 32.0 Å². The predicted molar refractivity (Wildman–Crippen MR) is 94.5 cm³/mol. The normalized spacial score (nSPS) is 20.6. The van der Waals surface area contributed by atoms with Crippen molar-refractivity contribution in [3.05, 3.63) is 35.9 Å². The van der Waals surface area contributed by atoms with Gasteiger partial charge < -0.3 is 15.8 Å². The van der Waals surface area contributed by atoms with Crippen LogP contribution in [0, 0.1) is 5.92 Å². The van der Waals surface area contributed by atoms with E-state index in [1.807, 2.05) is 6.07 Å². The highest BCUT2D eigenvalue weighted by atomic mass is 35.5. The first-order chi connectivity index (χ1) is 10.6. The van der Waals surface area contributed by atoms with E-state index in [0.717, 1.165) is 26.1 Å². The molecule has 3 unspecified atom stereocenters. The van der Waals surface area contributed by atoms with Crippen LogP contribution >= 0.6 is 12.4 Å². The Hall–Kier alpha value is -1.14. The zero-order valence-electron chi connectivity index (χ0n) is 13.9. The molecule has 1 aliphatic rings. The molecule has 5 nitrogen and oxygen atoms in total. The Kier molecular flexibility index (Phi) is 8.55. The van der Waals surface area contributed by atoms with Gasteiger partial charge >= 0.3 is 0 Å². The molecule has 1 fully saturated rings. The van der Waals surface area contributed by atoms with Crippen LogP contribution in [-0.2, 0) is 16.1 Å². The van der Waals surface area contributed by atoms with Crippen molar-refractivity contribution in [2.24, 2.45) is 11.7 Å². The number of halogens is 1. The summed E-state index contributed by atoms with van der Waals surface area (Å²) < 4.78 is 4.92. The predicted octanol–water partition coefficient (Wildman–Crippen LogP) is 1.41. The molecule has 130 valence electrons. The van der Waals surface area contributed by atoms with Crippen LogP contribution < -0.4 is 11.1 Å². The van der Waals surface area contributed by atoms with Crippen molar-refractivity contribution in [1.29, 1.82) is 0 Å². The lowest BCUT2D eigenvalue weighted by Gasteiger charge is -2.23. The average Bonchev–Trinajstić information content (AvgIpc) is 2.97. The number of nitrogens with one attached hydrogen (secondary N) is 1. The minimum atomic E-state index is -0.589. The Bertz CT molecular complexity index is 472. The monoisotopic (exact) mass is 341 g/mol. The van der Waals surface area contributed by atoms with E-state index in [1.54, 1.807) is 7.11 Å². The van der Waals surface area contributed by atoms with Crippen LogP contribution in [0.1, 0.15) is 18.9 Å². The fourth-order valence-corrected chi connectivity index (χ4v) is 2.96. The molecule has 6 heteroatoms. The van der Waals surface area contributed by atoms with E-state index in [1.165, 1.54) is 5.56 Å². The van der Waals surface area contributed by atoms with Crippen molar-refractivity contribution >= 4 is 18.3 Å². The van der Waals surface area contributed by atoms with Crippen molar-refractivity contribution in [2.75, 3.05) is 26.8 Å². The summed E-state index contributed by atoms with van der Waals surface area (Å²) in [5.74, 6) is 0.346. The number of likely N-dealkylation sites (tertiary alicyclic amines) is 1. The maximum atomic E-state index is 11.9. The number of nitrogens with zero attached hydrogens (tertiary/aromatic N) is 1. The third-order valence-electron chi connectivity index (χ3n) is 4.32. The molecule has 1 aromatic carbocycles. The molecule has 1 amide bonds. The van der Waals surface area contributed by atoms with Gasteiger partial charge in [0.05, 0.1) is 6.61 Å². The van der Waals surface area contributed by atoms with E-state index < -0.39 is 6.04 Å². The molecular formula is C17H28ClN3O2. The third kappa shape index (κ3) is 6.11. The Balaban J connectivity index is 0.00000264. The Labute approximate surface area is 145 Å². The van der Waals surface area contributed by atoms with Gasteiger partial charge in [0.1, 0.15) is 6.04 Å². The zero-order valence-corrected chi connectivity index (χ0v) is 14.7. The average molecular weight is 342 g/mol. The van der Waals surface area contributed by atoms with Gasteiger partial charge in [0.25, 0.3) is 0 Å². The number of carbonyl (C=O) groups is 1. The molecule has 23 heavy (non-hydrogen) atoms. The van der Waals surface area contributed by atoms with E-state index in [9.17, 15) is 4.79 Å². The number of hydrogen-bond acceptors (Lipinski definition) is 4. The van der Waals surface area contributed by atoms with Crippen molar-refractivity contribution < 1.29 is 9.53 Å². The third-order valence-corrected chi connectivity index (χ3v) is 4.32. The maximum absolute atomic E-state index is 11.9. The molecule has 0 radical (unpaired) electrons. The Morgan fingerprint density at radius 2 is 2.13 bits per heavy atom. The SMILES string of the molecule is COCC(N)C(=O)NC(C)C1CCN(Cc2ccccc2)C1.Cl. The van der Waals surface area contributed by atoms with Crippen molar-refractivity contribution in [3.8, 4) is 0 Å². The Morgan fingerprint density at radius 1 is 1.43 bits per heavy atom. The standard InChI is InChI=1S/C17H27N3O2.ClH/c1-13(19-17(21)16(18)12-22-2)15-8-9-20(11-15)10-14-6-4-3-5-7-14;/h3-7,13,15-16H,8-12,18H2,1-2H3,(H,19,21);1H. The minimum absolute atomic E-state index is 0. The Morgan fingerprint density at radius 3 is 2.78 bits per heavy atom. The van der Waals surface area contributed by atoms with Gasteiger partial charge in [0.2, 0.25) is 5.91 Å². The molecule has 1 aliphatic heterocycles. The number of amides is 1. The lowest BCUT2D eigenvalue weighted by atomic mass is 10.0. The van der Waals surface area contributed by atoms with Gasteiger partial charge in [0.15, 0.2) is 0 Å². The smallest absolute Gasteiger partial charge is 0.239 e. The second-order valence-electron chi connectivity index (χ2n) is 6.13. The first-order valence-electron chi connectivity index (χ1n) is 7.91. The number of carbonyl (C=O) groups excluding carboxylic acids is 1. The maximum Gasteiger partial charge on any atom is 0.239 e. The van der Waals surface area contributed by atoms with Crippen LogP contribution in [-0.4, -0.2) is 49.7 Å². The quantitative estimate of drug-likeness (QED) is 0.787. The fourth-order valence-electron chi connectivity index (χ4n) is 2.96. The van der Waals surface area contributed by atoms with Gasteiger partial charge in [-0.3, -0.25) is 9.69 Å². The first kappa shape index (κ1) is 19.9. The summed E-state index contributed by atoms with van der Waals surface area (Å²) >= 11 is 0. The summed E-state index contributed by atoms with van der Waals surface area (Å²) in [4.78, 5) is 14.4. The van der Waals surface area contributed by atoms with E-state index >= 15 is 0 Å². The van der Waals surface area contributed by atoms with E-state index in [2.05, 4.69) is 41.4 Å². The topological polar surface area (TPSA) is 67.6 Å². The largest absolute Gasteiger partial charge is 0.383 e. The number of nitrogens with two attached hydrogens (primary N) is 1. The van der Waals surface area contributed by atoms with Crippen LogP contribution in [0.4, 0.5) is 0 Å². The summed E-state index contributed by atoms with van der Waals surface area (Å²) in [5.41, 5.74) is 7.09. The van der Waals surface area contributed by atoms with E-state index in [-0.39, 0.29) is 31.0 Å². The second kappa shape index (κ2) is 9.88. The van der Waals surface area contributed by atoms with Gasteiger partial charge in [-0.15, -0.1) is 12.4 Å². The highest BCUT2D eigenvalue weighted by Gasteiger charge is 2.28. The number of rotatable bonds is 7. The molecule has 0 aromatic heterocycles. The highest BCUT2D eigenvalue weighted by Crippen LogP contribution is 2.21. The summed E-state index contributed by atoms with van der Waals surface area (Å²) in [7, 11) is 1.55. The molecule has 0 saturated carbocycles. The molecule has 0 bridgehead atoms. The van der Waals surface area contributed by atoms with Gasteiger partial charge in [-0.05, 0) is 31.4 Å². The van der Waals surface area contributed by atoms with Crippen LogP contribution in [0.5, 0.6) is 0 Å². The number of ether oxygens (including phenoxy) is 1. The first-order valence-corrected chi connectivity index (χ1v) is 7.91. The van der Waals surface area contributed by atoms with Gasteiger partial charge in [-0.2, -0.15) is 0 Å². The summed E-state index contributed by atoms with van der Waals surface area (Å²) in [6, 6.07) is 10.0. The summed E-state index contributed by atoms with van der Waals surface area (Å²) in [6.45, 7) is 5.37. The second-order valence-corrected chi connectivity index (χ2v) is 6.13. The summed E-state index contributed by atoms with van der Waals surface area (Å²) in [6.07, 6.45) is 1.10. The van der Waals surface area contributed by atoms with Gasteiger partial charge in [-0.25, -0.2) is 0 Å². The van der Waals surface area contributed by atoms with Crippen LogP contribution in [0.3, 0.4) is 0 Å². The molecular weight excluding hydrogens is 314 g/mol. The van der Waals surface area contributed by atoms with Crippen LogP contribution in [0.25, 0.3) is 0 Å². The lowest BCUT2D eigenvalue weighted by Crippen LogP contribution is -2.49. The molecule has 2 rings (SSSR count). The zero-order chi connectivity index (χ0) is 15.9. The molecule has 0 spiro atoms. The molecule has 3 N–H and O–H groups in total. The van der Waals surface area contributed by atoms with Crippen molar-refractivity contribution in [3.63, 3.8) is 0 Å². The van der Waals surface area contributed by atoms with E-state index in [4.69, 9.17) is 10.5 Å². The van der Waals surface area contributed by atoms with Gasteiger partial charge in [-0.1, -0.05) is 30.3 Å². The lowest BCUT2D eigenvalue weighted by molar-refractivity contribution is -0.124. The molecule has 0 aliphatic carbocycles.